The number of ether oxygens (including phenoxy) is 1. The minimum Gasteiger partial charge on any atom is -0.378 e. The second-order valence-electron chi connectivity index (χ2n) is 7.66. The number of anilines is 3. The number of sulfonamides is 1. The van der Waals surface area contributed by atoms with Crippen LogP contribution in [0.5, 0.6) is 0 Å². The molecule has 0 aromatic heterocycles. The van der Waals surface area contributed by atoms with Gasteiger partial charge in [-0.15, -0.1) is 0 Å². The molecule has 33 heavy (non-hydrogen) atoms. The summed E-state index contributed by atoms with van der Waals surface area (Å²) in [5, 5.41) is 2.86. The molecule has 9 heteroatoms. The molecule has 0 radical (unpaired) electrons. The zero-order valence-corrected chi connectivity index (χ0v) is 18.9. The van der Waals surface area contributed by atoms with Crippen LogP contribution in [-0.4, -0.2) is 40.6 Å². The SMILES string of the molecule is Cc1cc(N2CCOCC2)ccc1NC(=O)c1ccccc1NS(=O)(=O)c1ccc(F)cc1. The number of carbonyl (C=O) groups excluding carboxylic acids is 1. The summed E-state index contributed by atoms with van der Waals surface area (Å²) >= 11 is 0. The number of nitrogens with zero attached hydrogens (tertiary/aromatic N) is 1. The minimum absolute atomic E-state index is 0.103. The normalized spacial score (nSPS) is 14.1. The average Bonchev–Trinajstić information content (AvgIpc) is 2.81. The number of hydrogen-bond donors (Lipinski definition) is 2. The van der Waals surface area contributed by atoms with Crippen LogP contribution in [0.25, 0.3) is 0 Å². The summed E-state index contributed by atoms with van der Waals surface area (Å²) in [6.45, 7) is 4.90. The number of morpholine rings is 1. The maximum atomic E-state index is 13.2. The molecular formula is C24H24FN3O4S. The van der Waals surface area contributed by atoms with Crippen molar-refractivity contribution in [3.63, 3.8) is 0 Å². The third kappa shape index (κ3) is 5.32. The molecule has 0 spiro atoms. The van der Waals surface area contributed by atoms with Gasteiger partial charge in [-0.1, -0.05) is 12.1 Å². The van der Waals surface area contributed by atoms with Crippen molar-refractivity contribution < 1.29 is 22.3 Å². The Bertz CT molecular complexity index is 1260. The minimum atomic E-state index is -4.00. The fourth-order valence-corrected chi connectivity index (χ4v) is 4.66. The summed E-state index contributed by atoms with van der Waals surface area (Å²) in [6, 6.07) is 16.6. The Labute approximate surface area is 192 Å². The quantitative estimate of drug-likeness (QED) is 0.569. The van der Waals surface area contributed by atoms with Gasteiger partial charge in [0.2, 0.25) is 0 Å². The molecule has 3 aromatic carbocycles. The molecule has 0 aliphatic carbocycles. The summed E-state index contributed by atoms with van der Waals surface area (Å²) in [5.74, 6) is -0.988. The van der Waals surface area contributed by atoms with Gasteiger partial charge < -0.3 is 15.0 Å². The smallest absolute Gasteiger partial charge is 0.261 e. The predicted octanol–water partition coefficient (Wildman–Crippen LogP) is 4.02. The maximum absolute atomic E-state index is 13.2. The van der Waals surface area contributed by atoms with Gasteiger partial charge in [0.05, 0.1) is 29.4 Å². The van der Waals surface area contributed by atoms with Crippen molar-refractivity contribution >= 4 is 33.0 Å². The Morgan fingerprint density at radius 2 is 1.67 bits per heavy atom. The van der Waals surface area contributed by atoms with E-state index in [9.17, 15) is 17.6 Å². The fourth-order valence-electron chi connectivity index (χ4n) is 3.58. The van der Waals surface area contributed by atoms with Crippen LogP contribution in [-0.2, 0) is 14.8 Å². The summed E-state index contributed by atoms with van der Waals surface area (Å²) in [5.41, 5.74) is 2.87. The summed E-state index contributed by atoms with van der Waals surface area (Å²) in [6.07, 6.45) is 0. The zero-order valence-electron chi connectivity index (χ0n) is 18.0. The lowest BCUT2D eigenvalue weighted by atomic mass is 10.1. The number of para-hydroxylation sites is 1. The van der Waals surface area contributed by atoms with E-state index in [4.69, 9.17) is 4.74 Å². The van der Waals surface area contributed by atoms with E-state index in [0.717, 1.165) is 36.5 Å². The largest absolute Gasteiger partial charge is 0.378 e. The van der Waals surface area contributed by atoms with Crippen LogP contribution in [0, 0.1) is 12.7 Å². The van der Waals surface area contributed by atoms with Gasteiger partial charge in [-0.3, -0.25) is 9.52 Å². The number of benzene rings is 3. The number of rotatable bonds is 6. The van der Waals surface area contributed by atoms with E-state index in [1.165, 1.54) is 24.3 Å². The number of halogens is 1. The molecule has 3 aromatic rings. The molecule has 1 fully saturated rings. The number of carbonyl (C=O) groups is 1. The van der Waals surface area contributed by atoms with Crippen molar-refractivity contribution in [3.8, 4) is 0 Å². The van der Waals surface area contributed by atoms with E-state index in [0.29, 0.717) is 18.9 Å². The first-order valence-electron chi connectivity index (χ1n) is 10.5. The van der Waals surface area contributed by atoms with Crippen LogP contribution in [0.15, 0.2) is 71.6 Å². The Morgan fingerprint density at radius 3 is 2.36 bits per heavy atom. The summed E-state index contributed by atoms with van der Waals surface area (Å²) in [7, 11) is -4.00. The van der Waals surface area contributed by atoms with Crippen molar-refractivity contribution in [2.24, 2.45) is 0 Å². The van der Waals surface area contributed by atoms with E-state index >= 15 is 0 Å². The van der Waals surface area contributed by atoms with Crippen molar-refractivity contribution in [2.75, 3.05) is 41.2 Å². The number of aryl methyl sites for hydroxylation is 1. The van der Waals surface area contributed by atoms with E-state index in [1.807, 2.05) is 25.1 Å². The molecule has 4 rings (SSSR count). The molecular weight excluding hydrogens is 445 g/mol. The van der Waals surface area contributed by atoms with Crippen LogP contribution in [0.1, 0.15) is 15.9 Å². The Morgan fingerprint density at radius 1 is 0.970 bits per heavy atom. The van der Waals surface area contributed by atoms with Crippen LogP contribution < -0.4 is 14.9 Å². The van der Waals surface area contributed by atoms with Gasteiger partial charge in [-0.05, 0) is 67.1 Å². The van der Waals surface area contributed by atoms with Crippen LogP contribution in [0.3, 0.4) is 0 Å². The third-order valence-electron chi connectivity index (χ3n) is 5.37. The lowest BCUT2D eigenvalue weighted by molar-refractivity contribution is 0.102. The van der Waals surface area contributed by atoms with E-state index in [2.05, 4.69) is 14.9 Å². The van der Waals surface area contributed by atoms with Gasteiger partial charge in [-0.25, -0.2) is 12.8 Å². The monoisotopic (exact) mass is 469 g/mol. The van der Waals surface area contributed by atoms with Crippen molar-refractivity contribution in [3.05, 3.63) is 83.7 Å². The summed E-state index contributed by atoms with van der Waals surface area (Å²) in [4.78, 5) is 15.1. The van der Waals surface area contributed by atoms with Gasteiger partial charge >= 0.3 is 0 Å². The standard InChI is InChI=1S/C24H24FN3O4S/c1-17-16-19(28-12-14-32-15-13-28)8-11-22(17)26-24(29)21-4-2-3-5-23(21)27-33(30,31)20-9-6-18(25)7-10-20/h2-11,16,27H,12-15H2,1H3,(H,26,29). The highest BCUT2D eigenvalue weighted by atomic mass is 32.2. The van der Waals surface area contributed by atoms with Gasteiger partial charge in [0.15, 0.2) is 0 Å². The molecule has 1 aliphatic heterocycles. The van der Waals surface area contributed by atoms with Gasteiger partial charge in [0.25, 0.3) is 15.9 Å². The van der Waals surface area contributed by atoms with Crippen LogP contribution in [0.4, 0.5) is 21.5 Å². The first kappa shape index (κ1) is 22.8. The Kier molecular flexibility index (Phi) is 6.62. The predicted molar refractivity (Wildman–Crippen MR) is 126 cm³/mol. The molecule has 1 heterocycles. The molecule has 0 bridgehead atoms. The fraction of sp³-hybridized carbons (Fsp3) is 0.208. The van der Waals surface area contributed by atoms with Crippen molar-refractivity contribution in [2.45, 2.75) is 11.8 Å². The van der Waals surface area contributed by atoms with Crippen molar-refractivity contribution in [1.29, 1.82) is 0 Å². The van der Waals surface area contributed by atoms with Gasteiger partial charge in [-0.2, -0.15) is 0 Å². The molecule has 2 N–H and O–H groups in total. The highest BCUT2D eigenvalue weighted by molar-refractivity contribution is 7.92. The number of hydrogen-bond acceptors (Lipinski definition) is 5. The van der Waals surface area contributed by atoms with Crippen molar-refractivity contribution in [1.82, 2.24) is 0 Å². The molecule has 1 amide bonds. The molecule has 0 saturated carbocycles. The molecule has 1 saturated heterocycles. The highest BCUT2D eigenvalue weighted by Gasteiger charge is 2.19. The maximum Gasteiger partial charge on any atom is 0.261 e. The van der Waals surface area contributed by atoms with E-state index in [-0.39, 0.29) is 16.1 Å². The molecule has 0 unspecified atom stereocenters. The zero-order chi connectivity index (χ0) is 23.4. The van der Waals surface area contributed by atoms with E-state index in [1.54, 1.807) is 12.1 Å². The van der Waals surface area contributed by atoms with Gasteiger partial charge in [0.1, 0.15) is 5.82 Å². The molecule has 7 nitrogen and oxygen atoms in total. The van der Waals surface area contributed by atoms with Crippen LogP contribution in [0.2, 0.25) is 0 Å². The Hall–Kier alpha value is -3.43. The van der Waals surface area contributed by atoms with Gasteiger partial charge in [0, 0.05) is 24.5 Å². The molecule has 172 valence electrons. The van der Waals surface area contributed by atoms with E-state index < -0.39 is 21.7 Å². The van der Waals surface area contributed by atoms with Crippen LogP contribution >= 0.6 is 0 Å². The summed E-state index contributed by atoms with van der Waals surface area (Å²) < 4.78 is 46.4. The Balaban J connectivity index is 1.53. The number of amides is 1. The molecule has 0 atom stereocenters. The second-order valence-corrected chi connectivity index (χ2v) is 9.34. The first-order valence-corrected chi connectivity index (χ1v) is 11.9. The lowest BCUT2D eigenvalue weighted by Crippen LogP contribution is -2.36. The first-order chi connectivity index (χ1) is 15.8. The topological polar surface area (TPSA) is 87.7 Å². The lowest BCUT2D eigenvalue weighted by Gasteiger charge is -2.29. The highest BCUT2D eigenvalue weighted by Crippen LogP contribution is 2.26. The number of nitrogens with one attached hydrogen (secondary N) is 2. The average molecular weight is 470 g/mol. The third-order valence-corrected chi connectivity index (χ3v) is 6.76. The second kappa shape index (κ2) is 9.60. The molecule has 1 aliphatic rings.